The van der Waals surface area contributed by atoms with E-state index in [1.807, 2.05) is 13.0 Å². The molecule has 0 saturated heterocycles. The molecule has 0 aromatic rings. The third-order valence-corrected chi connectivity index (χ3v) is 3.70. The van der Waals surface area contributed by atoms with Crippen LogP contribution in [-0.2, 0) is 0 Å². The quantitative estimate of drug-likeness (QED) is 0.418. The molecule has 2 atom stereocenters. The first-order chi connectivity index (χ1) is 6.97. The average Bonchev–Trinajstić information content (AvgIpc) is 2.15. The second-order valence-electron chi connectivity index (χ2n) is 5.48. The molecule has 2 unspecified atom stereocenters. The van der Waals surface area contributed by atoms with Crippen molar-refractivity contribution in [2.45, 2.75) is 47.0 Å². The Balaban J connectivity index is 2.76. The van der Waals surface area contributed by atoms with E-state index in [1.165, 1.54) is 19.3 Å². The lowest BCUT2D eigenvalue weighted by atomic mass is 9.64. The molecule has 1 saturated carbocycles. The number of hydrogen-bond acceptors (Lipinski definition) is 2. The lowest BCUT2D eigenvalue weighted by molar-refractivity contribution is 0.123. The fourth-order valence-corrected chi connectivity index (χ4v) is 2.72. The minimum atomic E-state index is 0.379. The largest absolute Gasteiger partial charge is 0.411 e. The highest BCUT2D eigenvalue weighted by Crippen LogP contribution is 2.44. The van der Waals surface area contributed by atoms with Gasteiger partial charge in [0.15, 0.2) is 0 Å². The van der Waals surface area contributed by atoms with E-state index in [0.717, 1.165) is 5.92 Å². The first-order valence-electron chi connectivity index (χ1n) is 5.84. The standard InChI is InChI=1S/C13H23NO/c1-10-6-5-9-13(3,4)12(10)8-7-11(2)14-15/h7-8,10,12,15H,5-6,9H2,1-4H3/b8-7+,14-11+. The van der Waals surface area contributed by atoms with E-state index >= 15 is 0 Å². The lowest BCUT2D eigenvalue weighted by Crippen LogP contribution is -2.32. The molecule has 0 spiro atoms. The van der Waals surface area contributed by atoms with E-state index in [9.17, 15) is 0 Å². The van der Waals surface area contributed by atoms with Crippen LogP contribution >= 0.6 is 0 Å². The summed E-state index contributed by atoms with van der Waals surface area (Å²) in [6.45, 7) is 8.81. The molecule has 0 bridgehead atoms. The first-order valence-corrected chi connectivity index (χ1v) is 5.84. The molecule has 2 nitrogen and oxygen atoms in total. The summed E-state index contributed by atoms with van der Waals surface area (Å²) < 4.78 is 0. The van der Waals surface area contributed by atoms with Crippen LogP contribution in [0.5, 0.6) is 0 Å². The molecule has 1 fully saturated rings. The van der Waals surface area contributed by atoms with Crippen LogP contribution in [0, 0.1) is 17.3 Å². The van der Waals surface area contributed by atoms with Gasteiger partial charge < -0.3 is 5.21 Å². The Morgan fingerprint density at radius 2 is 2.13 bits per heavy atom. The predicted molar refractivity (Wildman–Crippen MR) is 64.3 cm³/mol. The zero-order chi connectivity index (χ0) is 11.5. The van der Waals surface area contributed by atoms with Gasteiger partial charge in [0.2, 0.25) is 0 Å². The van der Waals surface area contributed by atoms with Crippen molar-refractivity contribution in [2.24, 2.45) is 22.4 Å². The molecule has 1 aliphatic rings. The minimum absolute atomic E-state index is 0.379. The van der Waals surface area contributed by atoms with Crippen LogP contribution in [0.3, 0.4) is 0 Å². The number of rotatable bonds is 2. The maximum Gasteiger partial charge on any atom is 0.0761 e. The molecule has 0 heterocycles. The van der Waals surface area contributed by atoms with Gasteiger partial charge in [0.05, 0.1) is 5.71 Å². The molecule has 0 aromatic heterocycles. The monoisotopic (exact) mass is 209 g/mol. The van der Waals surface area contributed by atoms with Crippen molar-refractivity contribution in [2.75, 3.05) is 0 Å². The topological polar surface area (TPSA) is 32.6 Å². The van der Waals surface area contributed by atoms with E-state index in [4.69, 9.17) is 5.21 Å². The first kappa shape index (κ1) is 12.3. The Labute approximate surface area is 93.1 Å². The highest BCUT2D eigenvalue weighted by Gasteiger charge is 2.34. The maximum atomic E-state index is 8.60. The van der Waals surface area contributed by atoms with Gasteiger partial charge in [-0.1, -0.05) is 44.8 Å². The van der Waals surface area contributed by atoms with Gasteiger partial charge in [-0.15, -0.1) is 0 Å². The number of hydrogen-bond donors (Lipinski definition) is 1. The highest BCUT2D eigenvalue weighted by atomic mass is 16.4. The molecular weight excluding hydrogens is 186 g/mol. The third kappa shape index (κ3) is 3.08. The van der Waals surface area contributed by atoms with Crippen LogP contribution in [-0.4, -0.2) is 10.9 Å². The summed E-state index contributed by atoms with van der Waals surface area (Å²) >= 11 is 0. The van der Waals surface area contributed by atoms with Gasteiger partial charge in [-0.3, -0.25) is 0 Å². The van der Waals surface area contributed by atoms with Crippen LogP contribution in [0.4, 0.5) is 0 Å². The van der Waals surface area contributed by atoms with E-state index in [2.05, 4.69) is 32.0 Å². The van der Waals surface area contributed by atoms with Gasteiger partial charge in [-0.25, -0.2) is 0 Å². The van der Waals surface area contributed by atoms with Crippen LogP contribution in [0.25, 0.3) is 0 Å². The van der Waals surface area contributed by atoms with E-state index in [1.54, 1.807) is 0 Å². The fourth-order valence-electron chi connectivity index (χ4n) is 2.72. The van der Waals surface area contributed by atoms with Crippen LogP contribution in [0.1, 0.15) is 47.0 Å². The second-order valence-corrected chi connectivity index (χ2v) is 5.48. The normalized spacial score (nSPS) is 32.1. The maximum absolute atomic E-state index is 8.60. The molecule has 1 N–H and O–H groups in total. The summed E-state index contributed by atoms with van der Waals surface area (Å²) in [4.78, 5) is 0. The summed E-state index contributed by atoms with van der Waals surface area (Å²) in [6.07, 6.45) is 8.11. The Morgan fingerprint density at radius 1 is 1.47 bits per heavy atom. The number of nitrogens with zero attached hydrogens (tertiary/aromatic N) is 1. The summed E-state index contributed by atoms with van der Waals surface area (Å²) in [6, 6.07) is 0. The van der Waals surface area contributed by atoms with E-state index < -0.39 is 0 Å². The van der Waals surface area contributed by atoms with Crippen molar-refractivity contribution >= 4 is 5.71 Å². The van der Waals surface area contributed by atoms with Gasteiger partial charge in [-0.05, 0) is 36.7 Å². The average molecular weight is 209 g/mol. The molecule has 1 aliphatic carbocycles. The van der Waals surface area contributed by atoms with E-state index in [-0.39, 0.29) is 0 Å². The Bertz CT molecular complexity index is 266. The van der Waals surface area contributed by atoms with Crippen molar-refractivity contribution < 1.29 is 5.21 Å². The van der Waals surface area contributed by atoms with Crippen molar-refractivity contribution in [3.63, 3.8) is 0 Å². The van der Waals surface area contributed by atoms with Gasteiger partial charge in [0.1, 0.15) is 0 Å². The van der Waals surface area contributed by atoms with Crippen molar-refractivity contribution in [1.82, 2.24) is 0 Å². The summed E-state index contributed by atoms with van der Waals surface area (Å²) in [5.41, 5.74) is 1.06. The van der Waals surface area contributed by atoms with Gasteiger partial charge in [-0.2, -0.15) is 0 Å². The Hall–Kier alpha value is -0.790. The van der Waals surface area contributed by atoms with Gasteiger partial charge in [0, 0.05) is 0 Å². The van der Waals surface area contributed by atoms with E-state index in [0.29, 0.717) is 17.0 Å². The Morgan fingerprint density at radius 3 is 2.67 bits per heavy atom. The highest BCUT2D eigenvalue weighted by molar-refractivity contribution is 5.92. The zero-order valence-electron chi connectivity index (χ0n) is 10.3. The van der Waals surface area contributed by atoms with Crippen molar-refractivity contribution in [1.29, 1.82) is 0 Å². The molecule has 15 heavy (non-hydrogen) atoms. The van der Waals surface area contributed by atoms with Crippen molar-refractivity contribution in [3.05, 3.63) is 12.2 Å². The van der Waals surface area contributed by atoms with Gasteiger partial charge in [0.25, 0.3) is 0 Å². The van der Waals surface area contributed by atoms with Crippen LogP contribution in [0.2, 0.25) is 0 Å². The zero-order valence-corrected chi connectivity index (χ0v) is 10.3. The molecular formula is C13H23NO. The van der Waals surface area contributed by atoms with Gasteiger partial charge >= 0.3 is 0 Å². The lowest BCUT2D eigenvalue weighted by Gasteiger charge is -2.41. The second kappa shape index (κ2) is 4.82. The molecule has 1 rings (SSSR count). The predicted octanol–water partition coefficient (Wildman–Crippen LogP) is 3.86. The third-order valence-electron chi connectivity index (χ3n) is 3.70. The summed E-state index contributed by atoms with van der Waals surface area (Å²) in [5.74, 6) is 1.33. The molecule has 2 heteroatoms. The molecule has 0 amide bonds. The summed E-state index contributed by atoms with van der Waals surface area (Å²) in [5, 5.41) is 11.8. The minimum Gasteiger partial charge on any atom is -0.411 e. The molecule has 86 valence electrons. The smallest absolute Gasteiger partial charge is 0.0761 e. The molecule has 0 aliphatic heterocycles. The van der Waals surface area contributed by atoms with Crippen LogP contribution < -0.4 is 0 Å². The summed E-state index contributed by atoms with van der Waals surface area (Å²) in [7, 11) is 0. The van der Waals surface area contributed by atoms with Crippen LogP contribution in [0.15, 0.2) is 17.3 Å². The number of oxime groups is 1. The molecule has 0 radical (unpaired) electrons. The SMILES string of the molecule is CC(/C=C/C1C(C)CCCC1(C)C)=N\O. The Kier molecular flexibility index (Phi) is 3.95. The number of allylic oxidation sites excluding steroid dienone is 2. The van der Waals surface area contributed by atoms with Crippen molar-refractivity contribution in [3.8, 4) is 0 Å². The fraction of sp³-hybridized carbons (Fsp3) is 0.769. The molecule has 0 aromatic carbocycles.